The minimum absolute atomic E-state index is 0.155. The highest BCUT2D eigenvalue weighted by Gasteiger charge is 2.20. The number of halogens is 2. The zero-order valence-corrected chi connectivity index (χ0v) is 11.1. The van der Waals surface area contributed by atoms with Gasteiger partial charge in [0.05, 0.1) is 17.8 Å². The lowest BCUT2D eigenvalue weighted by Crippen LogP contribution is -2.27. The molecule has 0 radical (unpaired) electrons. The average Bonchev–Trinajstić information content (AvgIpc) is 2.78. The van der Waals surface area contributed by atoms with Crippen LogP contribution in [0.3, 0.4) is 0 Å². The van der Waals surface area contributed by atoms with E-state index in [4.69, 9.17) is 10.2 Å². The molecule has 0 aliphatic carbocycles. The van der Waals surface area contributed by atoms with Crippen LogP contribution in [0.1, 0.15) is 21.9 Å². The third kappa shape index (κ3) is 2.79. The summed E-state index contributed by atoms with van der Waals surface area (Å²) in [5, 5.41) is 0. The number of furan rings is 1. The van der Waals surface area contributed by atoms with Crippen molar-refractivity contribution in [2.24, 2.45) is 0 Å². The molecule has 1 aromatic carbocycles. The lowest BCUT2D eigenvalue weighted by Gasteiger charge is -2.16. The molecule has 0 atom stereocenters. The smallest absolute Gasteiger partial charge is 0.257 e. The van der Waals surface area contributed by atoms with Crippen molar-refractivity contribution < 1.29 is 18.0 Å². The monoisotopic (exact) mass is 280 g/mol. The highest BCUT2D eigenvalue weighted by molar-refractivity contribution is 5.95. The first-order chi connectivity index (χ1) is 9.38. The average molecular weight is 280 g/mol. The molecule has 2 N–H and O–H groups in total. The summed E-state index contributed by atoms with van der Waals surface area (Å²) in [5.74, 6) is -1.07. The molecule has 106 valence electrons. The largest absolute Gasteiger partial charge is 0.464 e. The van der Waals surface area contributed by atoms with Crippen LogP contribution < -0.4 is 5.73 Å². The summed E-state index contributed by atoms with van der Waals surface area (Å²) >= 11 is 0. The second kappa shape index (κ2) is 5.32. The number of benzene rings is 1. The Balaban J connectivity index is 2.22. The molecule has 0 saturated carbocycles. The van der Waals surface area contributed by atoms with Gasteiger partial charge in [-0.25, -0.2) is 8.78 Å². The van der Waals surface area contributed by atoms with Crippen LogP contribution in [0.4, 0.5) is 14.5 Å². The number of hydrogen-bond acceptors (Lipinski definition) is 3. The molecule has 0 unspecified atom stereocenters. The summed E-state index contributed by atoms with van der Waals surface area (Å²) in [7, 11) is 1.47. The number of nitrogen functional groups attached to an aromatic ring is 1. The quantitative estimate of drug-likeness (QED) is 0.879. The van der Waals surface area contributed by atoms with E-state index in [1.54, 1.807) is 19.1 Å². The molecule has 1 aromatic heterocycles. The summed E-state index contributed by atoms with van der Waals surface area (Å²) < 4.78 is 32.3. The van der Waals surface area contributed by atoms with Crippen LogP contribution >= 0.6 is 0 Å². The number of aryl methyl sites for hydroxylation is 1. The van der Waals surface area contributed by atoms with Crippen LogP contribution in [-0.2, 0) is 6.54 Å². The van der Waals surface area contributed by atoms with Crippen LogP contribution in [-0.4, -0.2) is 17.9 Å². The third-order valence-corrected chi connectivity index (χ3v) is 2.83. The highest BCUT2D eigenvalue weighted by Crippen LogP contribution is 2.19. The molecule has 0 fully saturated rings. The fourth-order valence-corrected chi connectivity index (χ4v) is 1.85. The van der Waals surface area contributed by atoms with Crippen molar-refractivity contribution in [2.45, 2.75) is 13.5 Å². The van der Waals surface area contributed by atoms with Crippen molar-refractivity contribution in [3.63, 3.8) is 0 Å². The molecule has 0 bridgehead atoms. The van der Waals surface area contributed by atoms with E-state index in [0.29, 0.717) is 11.5 Å². The predicted octanol–water partition coefficient (Wildman–Crippen LogP) is 2.72. The van der Waals surface area contributed by atoms with Gasteiger partial charge in [-0.1, -0.05) is 0 Å². The number of rotatable bonds is 3. The molecule has 20 heavy (non-hydrogen) atoms. The Labute approximate surface area is 114 Å². The van der Waals surface area contributed by atoms with E-state index < -0.39 is 28.8 Å². The minimum Gasteiger partial charge on any atom is -0.464 e. The molecule has 1 amide bonds. The van der Waals surface area contributed by atoms with Crippen LogP contribution in [0.25, 0.3) is 0 Å². The summed E-state index contributed by atoms with van der Waals surface area (Å²) in [5.41, 5.74) is 4.52. The van der Waals surface area contributed by atoms with Crippen molar-refractivity contribution in [3.05, 3.63) is 53.0 Å². The van der Waals surface area contributed by atoms with E-state index in [1.807, 2.05) is 0 Å². The van der Waals surface area contributed by atoms with Crippen molar-refractivity contribution in [1.82, 2.24) is 4.90 Å². The molecule has 2 rings (SSSR count). The maximum absolute atomic E-state index is 13.8. The summed E-state index contributed by atoms with van der Waals surface area (Å²) in [6, 6.07) is 5.14. The van der Waals surface area contributed by atoms with Gasteiger partial charge in [0, 0.05) is 7.05 Å². The molecule has 4 nitrogen and oxygen atoms in total. The molecule has 0 saturated heterocycles. The standard InChI is InChI=1S/C14H14F2N2O2/c1-8-3-4-10(20-8)7-18(2)14(19)11-5-9(15)6-12(17)13(11)16/h3-6H,7,17H2,1-2H3. The van der Waals surface area contributed by atoms with Gasteiger partial charge in [-0.2, -0.15) is 0 Å². The van der Waals surface area contributed by atoms with Gasteiger partial charge in [0.2, 0.25) is 0 Å². The zero-order valence-electron chi connectivity index (χ0n) is 11.1. The van der Waals surface area contributed by atoms with Gasteiger partial charge in [0.15, 0.2) is 5.82 Å². The first-order valence-electron chi connectivity index (χ1n) is 5.93. The molecule has 0 aliphatic rings. The summed E-state index contributed by atoms with van der Waals surface area (Å²) in [4.78, 5) is 13.3. The Morgan fingerprint density at radius 2 is 2.05 bits per heavy atom. The number of nitrogens with two attached hydrogens (primary N) is 1. The second-order valence-corrected chi connectivity index (χ2v) is 4.53. The Hall–Kier alpha value is -2.37. The number of anilines is 1. The summed E-state index contributed by atoms with van der Waals surface area (Å²) in [6.45, 7) is 1.93. The van der Waals surface area contributed by atoms with E-state index in [2.05, 4.69) is 0 Å². The highest BCUT2D eigenvalue weighted by atomic mass is 19.1. The minimum atomic E-state index is -0.918. The van der Waals surface area contributed by atoms with E-state index in [9.17, 15) is 13.6 Å². The topological polar surface area (TPSA) is 59.5 Å². The van der Waals surface area contributed by atoms with E-state index in [0.717, 1.165) is 12.1 Å². The molecule has 2 aromatic rings. The van der Waals surface area contributed by atoms with Gasteiger partial charge in [-0.15, -0.1) is 0 Å². The number of carbonyl (C=O) groups excluding carboxylic acids is 1. The van der Waals surface area contributed by atoms with Crippen LogP contribution in [0, 0.1) is 18.6 Å². The number of hydrogen-bond donors (Lipinski definition) is 1. The van der Waals surface area contributed by atoms with Crippen LogP contribution in [0.15, 0.2) is 28.7 Å². The van der Waals surface area contributed by atoms with Gasteiger partial charge >= 0.3 is 0 Å². The maximum Gasteiger partial charge on any atom is 0.257 e. The first-order valence-corrected chi connectivity index (χ1v) is 5.93. The van der Waals surface area contributed by atoms with Gasteiger partial charge < -0.3 is 15.1 Å². The van der Waals surface area contributed by atoms with E-state index in [-0.39, 0.29) is 6.54 Å². The number of nitrogens with zero attached hydrogens (tertiary/aromatic N) is 1. The number of carbonyl (C=O) groups is 1. The maximum atomic E-state index is 13.8. The summed E-state index contributed by atoms with van der Waals surface area (Å²) in [6.07, 6.45) is 0. The Morgan fingerprint density at radius 3 is 2.65 bits per heavy atom. The molecular weight excluding hydrogens is 266 g/mol. The fraction of sp³-hybridized carbons (Fsp3) is 0.214. The Bertz CT molecular complexity index is 653. The molecule has 0 aliphatic heterocycles. The molecule has 0 spiro atoms. The zero-order chi connectivity index (χ0) is 14.9. The van der Waals surface area contributed by atoms with Crippen molar-refractivity contribution in [2.75, 3.05) is 12.8 Å². The normalized spacial score (nSPS) is 10.6. The van der Waals surface area contributed by atoms with Crippen LogP contribution in [0.5, 0.6) is 0 Å². The van der Waals surface area contributed by atoms with Gasteiger partial charge in [0.1, 0.15) is 17.3 Å². The number of amides is 1. The van der Waals surface area contributed by atoms with Crippen molar-refractivity contribution >= 4 is 11.6 Å². The Kier molecular flexibility index (Phi) is 3.74. The first kappa shape index (κ1) is 14.0. The second-order valence-electron chi connectivity index (χ2n) is 4.53. The SMILES string of the molecule is Cc1ccc(CN(C)C(=O)c2cc(F)cc(N)c2F)o1. The van der Waals surface area contributed by atoms with Gasteiger partial charge in [0.25, 0.3) is 5.91 Å². The molecular formula is C14H14F2N2O2. The lowest BCUT2D eigenvalue weighted by molar-refractivity contribution is 0.0770. The lowest BCUT2D eigenvalue weighted by atomic mass is 10.1. The Morgan fingerprint density at radius 1 is 1.35 bits per heavy atom. The fourth-order valence-electron chi connectivity index (χ4n) is 1.85. The molecule has 6 heteroatoms. The third-order valence-electron chi connectivity index (χ3n) is 2.83. The predicted molar refractivity (Wildman–Crippen MR) is 70.0 cm³/mol. The van der Waals surface area contributed by atoms with E-state index >= 15 is 0 Å². The van der Waals surface area contributed by atoms with Crippen molar-refractivity contribution in [1.29, 1.82) is 0 Å². The van der Waals surface area contributed by atoms with E-state index in [1.165, 1.54) is 11.9 Å². The van der Waals surface area contributed by atoms with Gasteiger partial charge in [-0.05, 0) is 31.2 Å². The van der Waals surface area contributed by atoms with Crippen LogP contribution in [0.2, 0.25) is 0 Å². The molecule has 1 heterocycles. The van der Waals surface area contributed by atoms with Crippen molar-refractivity contribution in [3.8, 4) is 0 Å². The van der Waals surface area contributed by atoms with Gasteiger partial charge in [-0.3, -0.25) is 4.79 Å².